The average molecular weight is 406 g/mol. The molecule has 0 aliphatic heterocycles. The molecule has 3 aromatic rings. The number of carbonyl (C=O) groups excluding carboxylic acids is 2. The van der Waals surface area contributed by atoms with Gasteiger partial charge in [-0.1, -0.05) is 49.4 Å². The Bertz CT molecular complexity index is 1020. The molecule has 2 aromatic carbocycles. The molecule has 0 saturated carbocycles. The van der Waals surface area contributed by atoms with Gasteiger partial charge in [-0.25, -0.2) is 0 Å². The van der Waals surface area contributed by atoms with Crippen molar-refractivity contribution in [1.29, 1.82) is 0 Å². The number of benzene rings is 2. The summed E-state index contributed by atoms with van der Waals surface area (Å²) in [4.78, 5) is 27.4. The molecule has 8 heteroatoms. The number of rotatable bonds is 7. The van der Waals surface area contributed by atoms with Gasteiger partial charge < -0.3 is 10.2 Å². The Balaban J connectivity index is 1.57. The highest BCUT2D eigenvalue weighted by Crippen LogP contribution is 2.19. The first-order chi connectivity index (χ1) is 14.4. The second-order valence-corrected chi connectivity index (χ2v) is 7.26. The number of tetrazole rings is 1. The monoisotopic (exact) mass is 406 g/mol. The van der Waals surface area contributed by atoms with E-state index < -0.39 is 0 Å². The lowest BCUT2D eigenvalue weighted by atomic mass is 10.1. The molecule has 3 rings (SSSR count). The normalized spacial score (nSPS) is 10.7. The maximum atomic E-state index is 12.5. The molecule has 0 aliphatic carbocycles. The fraction of sp³-hybridized carbons (Fsp3) is 0.318. The number of aryl methyl sites for hydroxylation is 3. The zero-order valence-corrected chi connectivity index (χ0v) is 17.7. The molecule has 1 heterocycles. The third kappa shape index (κ3) is 5.08. The first-order valence-corrected chi connectivity index (χ1v) is 9.84. The predicted molar refractivity (Wildman–Crippen MR) is 115 cm³/mol. The van der Waals surface area contributed by atoms with E-state index >= 15 is 0 Å². The van der Waals surface area contributed by atoms with Crippen molar-refractivity contribution in [3.05, 3.63) is 59.2 Å². The van der Waals surface area contributed by atoms with E-state index in [0.29, 0.717) is 5.82 Å². The third-order valence-electron chi connectivity index (χ3n) is 4.90. The fourth-order valence-corrected chi connectivity index (χ4v) is 3.05. The molecule has 0 radical (unpaired) electrons. The highest BCUT2D eigenvalue weighted by Gasteiger charge is 2.16. The number of nitrogens with zero attached hydrogens (tertiary/aromatic N) is 5. The van der Waals surface area contributed by atoms with Gasteiger partial charge >= 0.3 is 0 Å². The van der Waals surface area contributed by atoms with Crippen LogP contribution in [0.5, 0.6) is 0 Å². The van der Waals surface area contributed by atoms with Gasteiger partial charge in [-0.15, -0.1) is 10.2 Å². The van der Waals surface area contributed by atoms with Crippen LogP contribution in [0.4, 0.5) is 5.69 Å². The number of nitrogens with one attached hydrogen (secondary N) is 1. The van der Waals surface area contributed by atoms with E-state index in [-0.39, 0.29) is 24.9 Å². The standard InChI is InChI=1S/C22H26N6O2/c1-5-17-9-11-18(12-10-17)22-24-26-28(25-22)14-20(30)27(4)13-19(29)23-21-15(2)7-6-8-16(21)3/h6-12H,5,13-14H2,1-4H3,(H,23,29). The molecule has 2 amide bonds. The Kier molecular flexibility index (Phi) is 6.56. The van der Waals surface area contributed by atoms with Crippen LogP contribution in [0.2, 0.25) is 0 Å². The summed E-state index contributed by atoms with van der Waals surface area (Å²) in [7, 11) is 1.58. The first-order valence-electron chi connectivity index (χ1n) is 9.84. The van der Waals surface area contributed by atoms with Crippen molar-refractivity contribution in [2.24, 2.45) is 0 Å². The number of amides is 2. The molecule has 0 spiro atoms. The van der Waals surface area contributed by atoms with Crippen LogP contribution in [0.15, 0.2) is 42.5 Å². The van der Waals surface area contributed by atoms with E-state index in [2.05, 4.69) is 27.7 Å². The van der Waals surface area contributed by atoms with Crippen LogP contribution >= 0.6 is 0 Å². The molecule has 0 bridgehead atoms. The molecule has 0 atom stereocenters. The van der Waals surface area contributed by atoms with Crippen molar-refractivity contribution in [2.75, 3.05) is 18.9 Å². The number of hydrogen-bond donors (Lipinski definition) is 1. The first kappa shape index (κ1) is 21.2. The van der Waals surface area contributed by atoms with Crippen molar-refractivity contribution >= 4 is 17.5 Å². The van der Waals surface area contributed by atoms with Crippen molar-refractivity contribution < 1.29 is 9.59 Å². The number of carbonyl (C=O) groups is 2. The highest BCUT2D eigenvalue weighted by atomic mass is 16.2. The second kappa shape index (κ2) is 9.30. The number of hydrogen-bond acceptors (Lipinski definition) is 5. The van der Waals surface area contributed by atoms with Crippen molar-refractivity contribution in [3.63, 3.8) is 0 Å². The molecule has 0 aliphatic rings. The minimum atomic E-state index is -0.281. The average Bonchev–Trinajstić information content (AvgIpc) is 3.19. The number of aromatic nitrogens is 4. The minimum Gasteiger partial charge on any atom is -0.335 e. The molecule has 156 valence electrons. The fourth-order valence-electron chi connectivity index (χ4n) is 3.05. The van der Waals surface area contributed by atoms with Gasteiger partial charge in [-0.2, -0.15) is 4.80 Å². The number of para-hydroxylation sites is 1. The van der Waals surface area contributed by atoms with E-state index in [0.717, 1.165) is 28.8 Å². The smallest absolute Gasteiger partial charge is 0.246 e. The van der Waals surface area contributed by atoms with Crippen molar-refractivity contribution in [1.82, 2.24) is 25.1 Å². The van der Waals surface area contributed by atoms with E-state index in [4.69, 9.17) is 0 Å². The summed E-state index contributed by atoms with van der Waals surface area (Å²) in [6.07, 6.45) is 0.957. The summed E-state index contributed by atoms with van der Waals surface area (Å²) in [5.41, 5.74) is 4.79. The zero-order valence-electron chi connectivity index (χ0n) is 17.7. The Morgan fingerprint density at radius 3 is 2.37 bits per heavy atom. The summed E-state index contributed by atoms with van der Waals surface area (Å²) < 4.78 is 0. The Hall–Kier alpha value is -3.55. The summed E-state index contributed by atoms with van der Waals surface area (Å²) in [5, 5.41) is 15.1. The summed E-state index contributed by atoms with van der Waals surface area (Å²) >= 11 is 0. The van der Waals surface area contributed by atoms with Crippen LogP contribution in [-0.2, 0) is 22.6 Å². The largest absolute Gasteiger partial charge is 0.335 e. The summed E-state index contributed by atoms with van der Waals surface area (Å²) in [5.74, 6) is -0.0793. The van der Waals surface area contributed by atoms with Gasteiger partial charge in [0, 0.05) is 18.3 Å². The van der Waals surface area contributed by atoms with Crippen LogP contribution < -0.4 is 5.32 Å². The molecular weight excluding hydrogens is 380 g/mol. The van der Waals surface area contributed by atoms with Crippen LogP contribution in [-0.4, -0.2) is 50.5 Å². The quantitative estimate of drug-likeness (QED) is 0.651. The Morgan fingerprint density at radius 1 is 1.07 bits per heavy atom. The molecular formula is C22H26N6O2. The van der Waals surface area contributed by atoms with E-state index in [1.807, 2.05) is 56.3 Å². The Morgan fingerprint density at radius 2 is 1.73 bits per heavy atom. The van der Waals surface area contributed by atoms with Gasteiger partial charge in [0.1, 0.15) is 6.54 Å². The van der Waals surface area contributed by atoms with Gasteiger partial charge in [0.2, 0.25) is 17.6 Å². The molecule has 1 aromatic heterocycles. The lowest BCUT2D eigenvalue weighted by molar-refractivity contribution is -0.134. The maximum absolute atomic E-state index is 12.5. The summed E-state index contributed by atoms with van der Waals surface area (Å²) in [6.45, 7) is 5.80. The van der Waals surface area contributed by atoms with Crippen molar-refractivity contribution in [2.45, 2.75) is 33.7 Å². The van der Waals surface area contributed by atoms with Gasteiger partial charge in [-0.05, 0) is 42.2 Å². The molecule has 0 fully saturated rings. The minimum absolute atomic E-state index is 0.0629. The second-order valence-electron chi connectivity index (χ2n) is 7.26. The van der Waals surface area contributed by atoms with Crippen LogP contribution in [0.1, 0.15) is 23.6 Å². The van der Waals surface area contributed by atoms with Gasteiger partial charge in [0.25, 0.3) is 0 Å². The Labute approximate surface area is 175 Å². The topological polar surface area (TPSA) is 93.0 Å². The van der Waals surface area contributed by atoms with E-state index in [9.17, 15) is 9.59 Å². The van der Waals surface area contributed by atoms with Gasteiger partial charge in [0.05, 0.1) is 6.54 Å². The lowest BCUT2D eigenvalue weighted by Crippen LogP contribution is -2.37. The van der Waals surface area contributed by atoms with E-state index in [1.165, 1.54) is 15.3 Å². The lowest BCUT2D eigenvalue weighted by Gasteiger charge is -2.17. The molecule has 8 nitrogen and oxygen atoms in total. The predicted octanol–water partition coefficient (Wildman–Crippen LogP) is 2.62. The number of likely N-dealkylation sites (N-methyl/N-ethyl adjacent to an activating group) is 1. The van der Waals surface area contributed by atoms with Gasteiger partial charge in [-0.3, -0.25) is 9.59 Å². The van der Waals surface area contributed by atoms with Crippen molar-refractivity contribution in [3.8, 4) is 11.4 Å². The zero-order chi connectivity index (χ0) is 21.7. The number of anilines is 1. The molecule has 0 unspecified atom stereocenters. The van der Waals surface area contributed by atoms with E-state index in [1.54, 1.807) is 7.05 Å². The molecule has 1 N–H and O–H groups in total. The summed E-state index contributed by atoms with van der Waals surface area (Å²) in [6, 6.07) is 13.7. The van der Waals surface area contributed by atoms with Crippen LogP contribution in [0, 0.1) is 13.8 Å². The third-order valence-corrected chi connectivity index (χ3v) is 4.90. The highest BCUT2D eigenvalue weighted by molar-refractivity contribution is 5.95. The van der Waals surface area contributed by atoms with Crippen LogP contribution in [0.25, 0.3) is 11.4 Å². The molecule has 0 saturated heterocycles. The maximum Gasteiger partial charge on any atom is 0.246 e. The SMILES string of the molecule is CCc1ccc(-c2nnn(CC(=O)N(C)CC(=O)Nc3c(C)cccc3C)n2)cc1. The van der Waals surface area contributed by atoms with Gasteiger partial charge in [0.15, 0.2) is 0 Å². The molecule has 30 heavy (non-hydrogen) atoms. The van der Waals surface area contributed by atoms with Crippen LogP contribution in [0.3, 0.4) is 0 Å².